The molecule has 0 aliphatic rings. The normalized spacial score (nSPS) is 11.3. The summed E-state index contributed by atoms with van der Waals surface area (Å²) in [4.78, 5) is 0. The highest BCUT2D eigenvalue weighted by Gasteiger charge is 2.04. The summed E-state index contributed by atoms with van der Waals surface area (Å²) in [6.45, 7) is 6.67. The molecule has 0 amide bonds. The van der Waals surface area contributed by atoms with Gasteiger partial charge in [-0.15, -0.1) is 0 Å². The van der Waals surface area contributed by atoms with Crippen molar-refractivity contribution in [1.29, 1.82) is 0 Å². The minimum absolute atomic E-state index is 0. The van der Waals surface area contributed by atoms with Gasteiger partial charge in [0.15, 0.2) is 0 Å². The van der Waals surface area contributed by atoms with Crippen LogP contribution in [0.15, 0.2) is 0 Å². The topological polar surface area (TPSA) is 20.2 Å². The maximum absolute atomic E-state index is 7.46. The molecule has 25 heavy (non-hydrogen) atoms. The second-order valence-electron chi connectivity index (χ2n) is 8.54. The SMILES string of the molecule is CCCCCCCCCCCCCCCCCC[N+](C)(C)C.[CH2]CO. The van der Waals surface area contributed by atoms with E-state index in [2.05, 4.69) is 35.0 Å². The van der Waals surface area contributed by atoms with Gasteiger partial charge < -0.3 is 9.59 Å². The van der Waals surface area contributed by atoms with Crippen LogP contribution >= 0.6 is 0 Å². The summed E-state index contributed by atoms with van der Waals surface area (Å²) in [6.07, 6.45) is 23.4. The van der Waals surface area contributed by atoms with Crippen molar-refractivity contribution in [1.82, 2.24) is 0 Å². The maximum Gasteiger partial charge on any atom is 0.0780 e. The van der Waals surface area contributed by atoms with Crippen LogP contribution in [0.1, 0.15) is 110 Å². The maximum atomic E-state index is 7.46. The Hall–Kier alpha value is -0.0800. The van der Waals surface area contributed by atoms with E-state index in [0.29, 0.717) is 0 Å². The summed E-state index contributed by atoms with van der Waals surface area (Å²) < 4.78 is 1.12. The molecule has 0 unspecified atom stereocenters. The Labute approximate surface area is 161 Å². The van der Waals surface area contributed by atoms with Gasteiger partial charge in [-0.3, -0.25) is 0 Å². The summed E-state index contributed by atoms with van der Waals surface area (Å²) in [5.74, 6) is 0. The third-order valence-corrected chi connectivity index (χ3v) is 4.68. The molecule has 0 bridgehead atoms. The Bertz CT molecular complexity index is 223. The van der Waals surface area contributed by atoms with Crippen molar-refractivity contribution in [3.63, 3.8) is 0 Å². The quantitative estimate of drug-likeness (QED) is 0.225. The van der Waals surface area contributed by atoms with Crippen molar-refractivity contribution in [2.75, 3.05) is 34.3 Å². The van der Waals surface area contributed by atoms with E-state index in [9.17, 15) is 0 Å². The molecule has 0 aromatic rings. The lowest BCUT2D eigenvalue weighted by molar-refractivity contribution is -0.870. The van der Waals surface area contributed by atoms with Gasteiger partial charge in [0.25, 0.3) is 0 Å². The van der Waals surface area contributed by atoms with E-state index in [4.69, 9.17) is 5.11 Å². The van der Waals surface area contributed by atoms with E-state index < -0.39 is 0 Å². The first-order valence-corrected chi connectivity index (χ1v) is 11.2. The smallest absolute Gasteiger partial charge is 0.0780 e. The Morgan fingerprint density at radius 1 is 0.560 bits per heavy atom. The van der Waals surface area contributed by atoms with Gasteiger partial charge in [0, 0.05) is 6.61 Å². The molecule has 153 valence electrons. The molecular formula is C23H51NO+. The first-order chi connectivity index (χ1) is 12.0. The van der Waals surface area contributed by atoms with Gasteiger partial charge >= 0.3 is 0 Å². The molecule has 0 aromatic heterocycles. The molecule has 0 saturated heterocycles. The summed E-state index contributed by atoms with van der Waals surface area (Å²) in [5, 5.41) is 7.46. The Kier molecular flexibility index (Phi) is 23.8. The lowest BCUT2D eigenvalue weighted by Crippen LogP contribution is -2.35. The number of quaternary nitrogens is 1. The fourth-order valence-corrected chi connectivity index (χ4v) is 3.13. The van der Waals surface area contributed by atoms with Gasteiger partial charge in [-0.2, -0.15) is 0 Å². The Morgan fingerprint density at radius 3 is 1.04 bits per heavy atom. The third kappa shape index (κ3) is 32.1. The number of hydrogen-bond acceptors (Lipinski definition) is 1. The van der Waals surface area contributed by atoms with Gasteiger partial charge in [0.1, 0.15) is 0 Å². The average molecular weight is 358 g/mol. The first-order valence-electron chi connectivity index (χ1n) is 11.2. The molecule has 0 fully saturated rings. The van der Waals surface area contributed by atoms with E-state index in [1.54, 1.807) is 0 Å². The average Bonchev–Trinajstić information content (AvgIpc) is 2.54. The lowest BCUT2D eigenvalue weighted by Gasteiger charge is -2.23. The van der Waals surface area contributed by atoms with Crippen LogP contribution in [-0.4, -0.2) is 43.9 Å². The second kappa shape index (κ2) is 22.0. The van der Waals surface area contributed by atoms with Crippen LogP contribution in [0.3, 0.4) is 0 Å². The van der Waals surface area contributed by atoms with Gasteiger partial charge in [-0.05, 0) is 19.8 Å². The zero-order valence-corrected chi connectivity index (χ0v) is 18.3. The molecule has 2 heteroatoms. The van der Waals surface area contributed by atoms with Gasteiger partial charge in [-0.25, -0.2) is 0 Å². The minimum Gasteiger partial charge on any atom is -0.396 e. The molecule has 1 radical (unpaired) electrons. The molecule has 0 aromatic carbocycles. The predicted octanol–water partition coefficient (Wildman–Crippen LogP) is 6.77. The van der Waals surface area contributed by atoms with E-state index in [1.165, 1.54) is 109 Å². The predicted molar refractivity (Wildman–Crippen MR) is 115 cm³/mol. The second-order valence-corrected chi connectivity index (χ2v) is 8.54. The Balaban J connectivity index is 0. The number of rotatable bonds is 17. The van der Waals surface area contributed by atoms with Gasteiger partial charge in [-0.1, -0.05) is 96.8 Å². The molecular weight excluding hydrogens is 306 g/mol. The molecule has 0 atom stereocenters. The van der Waals surface area contributed by atoms with E-state index in [0.717, 1.165) is 4.48 Å². The lowest BCUT2D eigenvalue weighted by atomic mass is 10.0. The zero-order valence-electron chi connectivity index (χ0n) is 18.3. The van der Waals surface area contributed by atoms with Crippen molar-refractivity contribution in [2.45, 2.75) is 110 Å². The summed E-state index contributed by atoms with van der Waals surface area (Å²) in [6, 6.07) is 0. The van der Waals surface area contributed by atoms with Gasteiger partial charge in [0.05, 0.1) is 27.7 Å². The van der Waals surface area contributed by atoms with Crippen molar-refractivity contribution < 1.29 is 9.59 Å². The van der Waals surface area contributed by atoms with E-state index in [-0.39, 0.29) is 6.61 Å². The highest BCUT2D eigenvalue weighted by molar-refractivity contribution is 4.49. The molecule has 0 aliphatic carbocycles. The van der Waals surface area contributed by atoms with Gasteiger partial charge in [0.2, 0.25) is 0 Å². The van der Waals surface area contributed by atoms with Crippen LogP contribution in [-0.2, 0) is 0 Å². The van der Waals surface area contributed by atoms with Crippen LogP contribution in [0.5, 0.6) is 0 Å². The molecule has 0 saturated carbocycles. The van der Waals surface area contributed by atoms with Crippen LogP contribution < -0.4 is 0 Å². The number of aliphatic hydroxyl groups excluding tert-OH is 1. The monoisotopic (exact) mass is 357 g/mol. The third-order valence-electron chi connectivity index (χ3n) is 4.68. The Morgan fingerprint density at radius 2 is 0.800 bits per heavy atom. The summed E-state index contributed by atoms with van der Waals surface area (Å²) in [5.41, 5.74) is 0. The van der Waals surface area contributed by atoms with E-state index >= 15 is 0 Å². The number of aliphatic hydroxyl groups is 1. The summed E-state index contributed by atoms with van der Waals surface area (Å²) >= 11 is 0. The first kappa shape index (κ1) is 27.1. The fourth-order valence-electron chi connectivity index (χ4n) is 3.13. The van der Waals surface area contributed by atoms with Crippen molar-refractivity contribution >= 4 is 0 Å². The minimum atomic E-state index is 0. The van der Waals surface area contributed by atoms with E-state index in [1.807, 2.05) is 0 Å². The van der Waals surface area contributed by atoms with Crippen LogP contribution in [0.2, 0.25) is 0 Å². The van der Waals surface area contributed by atoms with Crippen molar-refractivity contribution in [2.24, 2.45) is 0 Å². The number of unbranched alkanes of at least 4 members (excludes halogenated alkanes) is 15. The molecule has 0 heterocycles. The largest absolute Gasteiger partial charge is 0.396 e. The van der Waals surface area contributed by atoms with Crippen LogP contribution in [0, 0.1) is 6.92 Å². The number of hydrogen-bond donors (Lipinski definition) is 1. The highest BCUT2D eigenvalue weighted by atomic mass is 16.2. The molecule has 0 rings (SSSR count). The fraction of sp³-hybridized carbons (Fsp3) is 0.957. The zero-order chi connectivity index (χ0) is 19.2. The standard InChI is InChI=1S/C21H46N.C2H5O/c1-5-6-7-8-9-10-11-12-13-14-15-16-17-18-19-20-21-22(2,3)4;1-2-3/h5-21H2,1-4H3;3H,1-2H2/q+1;. The highest BCUT2D eigenvalue weighted by Crippen LogP contribution is 2.13. The van der Waals surface area contributed by atoms with Crippen molar-refractivity contribution in [3.05, 3.63) is 6.92 Å². The molecule has 0 spiro atoms. The van der Waals surface area contributed by atoms with Crippen molar-refractivity contribution in [3.8, 4) is 0 Å². The molecule has 2 nitrogen and oxygen atoms in total. The summed E-state index contributed by atoms with van der Waals surface area (Å²) in [7, 11) is 6.89. The van der Waals surface area contributed by atoms with Crippen LogP contribution in [0.4, 0.5) is 0 Å². The molecule has 0 aliphatic heterocycles. The number of nitrogens with zero attached hydrogens (tertiary/aromatic N) is 1. The van der Waals surface area contributed by atoms with Crippen LogP contribution in [0.25, 0.3) is 0 Å². The molecule has 1 N–H and O–H groups in total.